The molecule has 3 heteroatoms. The number of rotatable bonds is 8. The van der Waals surface area contributed by atoms with Gasteiger partial charge in [-0.05, 0) is 48.4 Å². The number of nitrogens with zero attached hydrogens (tertiary/aromatic N) is 2. The molecule has 1 heterocycles. The number of hydrogen-bond donors (Lipinski definition) is 1. The number of aryl methyl sites for hydroxylation is 1. The monoisotopic (exact) mass is 371 g/mol. The van der Waals surface area contributed by atoms with Crippen LogP contribution in [-0.4, -0.2) is 24.8 Å². The maximum Gasteiger partial charge on any atom is 0.0600 e. The first-order chi connectivity index (χ1) is 13.5. The zero-order valence-corrected chi connectivity index (χ0v) is 16.9. The summed E-state index contributed by atoms with van der Waals surface area (Å²) in [6.45, 7) is 11.3. The van der Waals surface area contributed by atoms with Crippen molar-refractivity contribution in [3.63, 3.8) is 0 Å². The summed E-state index contributed by atoms with van der Waals surface area (Å²) in [4.78, 5) is 0. The Kier molecular flexibility index (Phi) is 6.49. The normalized spacial score (nSPS) is 13.8. The summed E-state index contributed by atoms with van der Waals surface area (Å²) < 4.78 is 0. The van der Waals surface area contributed by atoms with Crippen molar-refractivity contribution in [2.75, 3.05) is 13.6 Å². The third-order valence-corrected chi connectivity index (χ3v) is 5.09. The van der Waals surface area contributed by atoms with Crippen LogP contribution in [0.5, 0.6) is 0 Å². The Balaban J connectivity index is 1.49. The van der Waals surface area contributed by atoms with Crippen molar-refractivity contribution < 1.29 is 0 Å². The van der Waals surface area contributed by atoms with Gasteiger partial charge in [0.2, 0.25) is 0 Å². The Morgan fingerprint density at radius 3 is 2.39 bits per heavy atom. The fourth-order valence-electron chi connectivity index (χ4n) is 3.34. The van der Waals surface area contributed by atoms with Gasteiger partial charge in [0.05, 0.1) is 11.9 Å². The Labute approximate surface area is 168 Å². The van der Waals surface area contributed by atoms with Crippen LogP contribution in [0.4, 0.5) is 0 Å². The van der Waals surface area contributed by atoms with Gasteiger partial charge in [0.15, 0.2) is 0 Å². The number of nitrogens with one attached hydrogen (secondary N) is 1. The fourth-order valence-corrected chi connectivity index (χ4v) is 3.34. The molecule has 0 unspecified atom stereocenters. The first-order valence-corrected chi connectivity index (χ1v) is 9.77. The van der Waals surface area contributed by atoms with Gasteiger partial charge in [-0.15, -0.1) is 0 Å². The Morgan fingerprint density at radius 1 is 1.00 bits per heavy atom. The molecule has 0 aliphatic carbocycles. The van der Waals surface area contributed by atoms with Crippen molar-refractivity contribution in [3.8, 4) is 0 Å². The second-order valence-corrected chi connectivity index (χ2v) is 7.24. The molecular weight excluding hydrogens is 342 g/mol. The minimum absolute atomic E-state index is 0.900. The van der Waals surface area contributed by atoms with Gasteiger partial charge >= 0.3 is 0 Å². The van der Waals surface area contributed by atoms with Gasteiger partial charge in [-0.1, -0.05) is 67.8 Å². The van der Waals surface area contributed by atoms with Crippen molar-refractivity contribution in [2.45, 2.75) is 26.2 Å². The summed E-state index contributed by atoms with van der Waals surface area (Å²) in [7, 11) is 1.93. The molecule has 1 aliphatic rings. The van der Waals surface area contributed by atoms with Gasteiger partial charge in [0.25, 0.3) is 0 Å². The topological polar surface area (TPSA) is 27.6 Å². The van der Waals surface area contributed by atoms with Crippen molar-refractivity contribution in [2.24, 2.45) is 5.10 Å². The molecule has 1 aliphatic heterocycles. The number of benzene rings is 2. The fraction of sp³-hybridized carbons (Fsp3) is 0.240. The van der Waals surface area contributed by atoms with Crippen molar-refractivity contribution in [3.05, 3.63) is 101 Å². The van der Waals surface area contributed by atoms with E-state index in [2.05, 4.69) is 85.1 Å². The van der Waals surface area contributed by atoms with E-state index in [9.17, 15) is 0 Å². The van der Waals surface area contributed by atoms with Crippen LogP contribution in [0, 0.1) is 0 Å². The van der Waals surface area contributed by atoms with E-state index < -0.39 is 0 Å². The van der Waals surface area contributed by atoms with Crippen molar-refractivity contribution in [1.29, 1.82) is 0 Å². The van der Waals surface area contributed by atoms with E-state index in [1.807, 2.05) is 18.3 Å². The average Bonchev–Trinajstić information content (AvgIpc) is 2.71. The summed E-state index contributed by atoms with van der Waals surface area (Å²) in [5.74, 6) is 0. The Morgan fingerprint density at radius 2 is 1.68 bits per heavy atom. The maximum absolute atomic E-state index is 4.31. The van der Waals surface area contributed by atoms with Gasteiger partial charge in [-0.25, -0.2) is 0 Å². The Hall–Kier alpha value is -3.07. The highest BCUT2D eigenvalue weighted by molar-refractivity contribution is 5.97. The van der Waals surface area contributed by atoms with Crippen LogP contribution in [-0.2, 0) is 12.8 Å². The summed E-state index contributed by atoms with van der Waals surface area (Å²) in [6, 6.07) is 19.3. The van der Waals surface area contributed by atoms with Crippen LogP contribution in [0.15, 0.2) is 89.8 Å². The van der Waals surface area contributed by atoms with Crippen LogP contribution in [0.3, 0.4) is 0 Å². The lowest BCUT2D eigenvalue weighted by Gasteiger charge is -2.24. The van der Waals surface area contributed by atoms with Gasteiger partial charge in [-0.3, -0.25) is 5.01 Å². The van der Waals surface area contributed by atoms with Gasteiger partial charge in [-0.2, -0.15) is 5.10 Å². The summed E-state index contributed by atoms with van der Waals surface area (Å²) >= 11 is 0. The highest BCUT2D eigenvalue weighted by Crippen LogP contribution is 2.29. The molecule has 2 aromatic carbocycles. The second-order valence-electron chi connectivity index (χ2n) is 7.24. The first-order valence-electron chi connectivity index (χ1n) is 9.77. The van der Waals surface area contributed by atoms with Gasteiger partial charge < -0.3 is 5.32 Å². The molecule has 0 radical (unpaired) electrons. The average molecular weight is 372 g/mol. The van der Waals surface area contributed by atoms with E-state index in [1.165, 1.54) is 16.7 Å². The molecule has 2 aromatic rings. The summed E-state index contributed by atoms with van der Waals surface area (Å²) in [5, 5.41) is 9.59. The van der Waals surface area contributed by atoms with Gasteiger partial charge in [0.1, 0.15) is 0 Å². The molecule has 0 atom stereocenters. The number of hydrazone groups is 1. The van der Waals surface area contributed by atoms with Crippen molar-refractivity contribution >= 4 is 11.8 Å². The van der Waals surface area contributed by atoms with E-state index in [0.717, 1.165) is 48.3 Å². The smallest absolute Gasteiger partial charge is 0.0600 e. The van der Waals surface area contributed by atoms with E-state index >= 15 is 0 Å². The number of likely N-dealkylation sites (N-methyl/N-ethyl adjacent to an activating group) is 1. The second kappa shape index (κ2) is 9.23. The van der Waals surface area contributed by atoms with E-state index in [-0.39, 0.29) is 0 Å². The summed E-state index contributed by atoms with van der Waals surface area (Å²) in [6.07, 6.45) is 4.86. The molecule has 28 heavy (non-hydrogen) atoms. The first kappa shape index (κ1) is 19.7. The molecule has 3 nitrogen and oxygen atoms in total. The largest absolute Gasteiger partial charge is 0.388 e. The number of hydrogen-bond acceptors (Lipinski definition) is 3. The van der Waals surface area contributed by atoms with Crippen LogP contribution in [0.25, 0.3) is 5.57 Å². The molecule has 0 aromatic heterocycles. The van der Waals surface area contributed by atoms with Crippen LogP contribution in [0.2, 0.25) is 0 Å². The number of allylic oxidation sites excluding steroid dienone is 3. The molecule has 144 valence electrons. The molecule has 0 fully saturated rings. The predicted molar refractivity (Wildman–Crippen MR) is 120 cm³/mol. The third kappa shape index (κ3) is 5.01. The minimum Gasteiger partial charge on any atom is -0.388 e. The van der Waals surface area contributed by atoms with E-state index in [1.54, 1.807) is 0 Å². The lowest BCUT2D eigenvalue weighted by atomic mass is 9.96. The highest BCUT2D eigenvalue weighted by Gasteiger charge is 2.16. The molecule has 0 amide bonds. The van der Waals surface area contributed by atoms with E-state index in [4.69, 9.17) is 0 Å². The quantitative estimate of drug-likeness (QED) is 0.692. The molecule has 0 bridgehead atoms. The zero-order chi connectivity index (χ0) is 19.9. The standard InChI is InChI=1S/C25H29N3/c1-19-18-27-28(4)21(3)25(19)24-14-12-23(13-15-24)16-17-26-20(2)10-11-22-8-6-5-7-9-22/h5-9,12-15,18,26H,2-3,10-11,16-17H2,1,4H3. The SMILES string of the molecule is C=C(CCc1ccccc1)NCCc1ccc(C2=C(C)C=NN(C)C2=C)cc1. The maximum atomic E-state index is 4.31. The molecule has 0 saturated carbocycles. The lowest BCUT2D eigenvalue weighted by molar-refractivity contribution is 0.465. The molecule has 0 saturated heterocycles. The third-order valence-electron chi connectivity index (χ3n) is 5.09. The van der Waals surface area contributed by atoms with Crippen LogP contribution >= 0.6 is 0 Å². The lowest BCUT2D eigenvalue weighted by Crippen LogP contribution is -2.17. The van der Waals surface area contributed by atoms with E-state index in [0.29, 0.717) is 0 Å². The van der Waals surface area contributed by atoms with Crippen LogP contribution in [0.1, 0.15) is 30.0 Å². The minimum atomic E-state index is 0.900. The summed E-state index contributed by atoms with van der Waals surface area (Å²) in [5.41, 5.74) is 8.19. The molecule has 1 N–H and O–H groups in total. The highest BCUT2D eigenvalue weighted by atomic mass is 15.4. The molecule has 0 spiro atoms. The van der Waals surface area contributed by atoms with Crippen molar-refractivity contribution in [1.82, 2.24) is 10.3 Å². The zero-order valence-electron chi connectivity index (χ0n) is 16.9. The van der Waals surface area contributed by atoms with Crippen LogP contribution < -0.4 is 5.32 Å². The molecule has 3 rings (SSSR count). The Bertz CT molecular complexity index is 889. The predicted octanol–water partition coefficient (Wildman–Crippen LogP) is 5.18. The van der Waals surface area contributed by atoms with Gasteiger partial charge in [0, 0.05) is 24.9 Å². The molecular formula is C25H29N3.